The number of nitrogens with one attached hydrogen (secondary N) is 1. The minimum absolute atomic E-state index is 0.0137. The van der Waals surface area contributed by atoms with E-state index in [1.807, 2.05) is 0 Å². The molecule has 2 N–H and O–H groups in total. The number of hydrogen-bond acceptors (Lipinski definition) is 4. The Morgan fingerprint density at radius 1 is 1.50 bits per heavy atom. The topological polar surface area (TPSA) is 69.6 Å². The highest BCUT2D eigenvalue weighted by Crippen LogP contribution is 2.22. The summed E-state index contributed by atoms with van der Waals surface area (Å²) in [5.74, 6) is -0.405. The van der Waals surface area contributed by atoms with Crippen molar-refractivity contribution in [3.8, 4) is 0 Å². The van der Waals surface area contributed by atoms with Gasteiger partial charge in [0.25, 0.3) is 5.91 Å². The van der Waals surface area contributed by atoms with Crippen molar-refractivity contribution in [2.45, 2.75) is 6.42 Å². The van der Waals surface area contributed by atoms with Crippen molar-refractivity contribution in [2.75, 3.05) is 26.7 Å². The molecule has 1 rings (SSSR count). The molecule has 0 aliphatic heterocycles. The summed E-state index contributed by atoms with van der Waals surface area (Å²) in [7, 11) is 1.58. The van der Waals surface area contributed by atoms with Gasteiger partial charge < -0.3 is 15.3 Å². The summed E-state index contributed by atoms with van der Waals surface area (Å²) in [5, 5.41) is 11.2. The van der Waals surface area contributed by atoms with Crippen molar-refractivity contribution < 1.29 is 14.7 Å². The highest BCUT2D eigenvalue weighted by atomic mass is 79.9. The van der Waals surface area contributed by atoms with E-state index >= 15 is 0 Å². The third-order valence-corrected chi connectivity index (χ3v) is 3.78. The van der Waals surface area contributed by atoms with Crippen molar-refractivity contribution >= 4 is 39.1 Å². The lowest BCUT2D eigenvalue weighted by Gasteiger charge is -2.15. The zero-order valence-electron chi connectivity index (χ0n) is 9.98. The van der Waals surface area contributed by atoms with Crippen LogP contribution in [0.15, 0.2) is 15.9 Å². The number of thiophene rings is 1. The van der Waals surface area contributed by atoms with Gasteiger partial charge in [0.1, 0.15) is 0 Å². The monoisotopic (exact) mass is 334 g/mol. The van der Waals surface area contributed by atoms with Gasteiger partial charge in [0.2, 0.25) is 5.91 Å². The minimum atomic E-state index is -0.227. The zero-order chi connectivity index (χ0) is 13.5. The summed E-state index contributed by atoms with van der Waals surface area (Å²) in [4.78, 5) is 25.4. The largest absolute Gasteiger partial charge is 0.396 e. The van der Waals surface area contributed by atoms with E-state index < -0.39 is 0 Å². The van der Waals surface area contributed by atoms with Crippen LogP contribution >= 0.6 is 27.3 Å². The molecule has 1 aromatic heterocycles. The first kappa shape index (κ1) is 15.1. The van der Waals surface area contributed by atoms with E-state index in [0.29, 0.717) is 17.8 Å². The highest BCUT2D eigenvalue weighted by Gasteiger charge is 2.16. The van der Waals surface area contributed by atoms with Gasteiger partial charge in [-0.2, -0.15) is 0 Å². The molecule has 1 aromatic rings. The number of carbonyl (C=O) groups is 2. The van der Waals surface area contributed by atoms with Crippen LogP contribution in [0.1, 0.15) is 16.1 Å². The average molecular weight is 335 g/mol. The summed E-state index contributed by atoms with van der Waals surface area (Å²) in [5.41, 5.74) is 0. The fourth-order valence-corrected chi connectivity index (χ4v) is 2.65. The molecule has 0 aliphatic carbocycles. The summed E-state index contributed by atoms with van der Waals surface area (Å²) >= 11 is 4.62. The number of amides is 2. The Labute approximate surface area is 118 Å². The molecule has 18 heavy (non-hydrogen) atoms. The Bertz CT molecular complexity index is 422. The van der Waals surface area contributed by atoms with E-state index in [-0.39, 0.29) is 25.0 Å². The number of aliphatic hydroxyl groups is 1. The highest BCUT2D eigenvalue weighted by molar-refractivity contribution is 9.11. The van der Waals surface area contributed by atoms with E-state index in [9.17, 15) is 9.59 Å². The quantitative estimate of drug-likeness (QED) is 0.765. The Morgan fingerprint density at radius 2 is 2.22 bits per heavy atom. The number of rotatable bonds is 6. The van der Waals surface area contributed by atoms with Crippen LogP contribution in [0, 0.1) is 0 Å². The molecule has 0 saturated carbocycles. The van der Waals surface area contributed by atoms with Gasteiger partial charge >= 0.3 is 0 Å². The molecule has 0 radical (unpaired) electrons. The maximum absolute atomic E-state index is 11.9. The van der Waals surface area contributed by atoms with Crippen LogP contribution in [0.3, 0.4) is 0 Å². The van der Waals surface area contributed by atoms with Gasteiger partial charge in [-0.15, -0.1) is 11.3 Å². The minimum Gasteiger partial charge on any atom is -0.396 e. The van der Waals surface area contributed by atoms with Gasteiger partial charge in [-0.25, -0.2) is 0 Å². The molecule has 0 bridgehead atoms. The fourth-order valence-electron chi connectivity index (χ4n) is 1.27. The van der Waals surface area contributed by atoms with Crippen LogP contribution in [0.5, 0.6) is 0 Å². The molecule has 0 aromatic carbocycles. The van der Waals surface area contributed by atoms with Crippen LogP contribution in [0.4, 0.5) is 0 Å². The number of halogens is 1. The Balaban J connectivity index is 2.42. The Kier molecular flexibility index (Phi) is 6.31. The van der Waals surface area contributed by atoms with Crippen molar-refractivity contribution in [1.29, 1.82) is 0 Å². The van der Waals surface area contributed by atoms with Crippen LogP contribution < -0.4 is 5.32 Å². The van der Waals surface area contributed by atoms with Crippen molar-refractivity contribution in [3.05, 3.63) is 20.8 Å². The van der Waals surface area contributed by atoms with E-state index in [2.05, 4.69) is 21.2 Å². The number of aliphatic hydroxyl groups excluding tert-OH is 1. The normalized spacial score (nSPS) is 10.2. The second kappa shape index (κ2) is 7.50. The van der Waals surface area contributed by atoms with E-state index in [1.54, 1.807) is 19.2 Å². The summed E-state index contributed by atoms with van der Waals surface area (Å²) in [6.45, 7) is 0.472. The number of likely N-dealkylation sites (N-methyl/N-ethyl adjacent to an activating group) is 1. The third-order valence-electron chi connectivity index (χ3n) is 2.17. The van der Waals surface area contributed by atoms with Crippen molar-refractivity contribution in [1.82, 2.24) is 10.2 Å². The second-order valence-corrected chi connectivity index (χ2v) is 6.16. The molecule has 1 heterocycles. The number of hydrogen-bond donors (Lipinski definition) is 2. The molecular weight excluding hydrogens is 320 g/mol. The molecule has 100 valence electrons. The lowest BCUT2D eigenvalue weighted by molar-refractivity contribution is -0.121. The van der Waals surface area contributed by atoms with E-state index in [1.165, 1.54) is 16.2 Å². The molecule has 0 aliphatic rings. The standard InChI is InChI=1S/C11H15BrN2O3S/c1-14(7-10(16)13-5-2-6-15)11(17)8-3-4-9(12)18-8/h3-4,15H,2,5-7H2,1H3,(H,13,16). The third kappa shape index (κ3) is 4.75. The van der Waals surface area contributed by atoms with Gasteiger partial charge in [-0.3, -0.25) is 9.59 Å². The van der Waals surface area contributed by atoms with Gasteiger partial charge in [0.05, 0.1) is 15.2 Å². The first-order valence-electron chi connectivity index (χ1n) is 5.43. The molecule has 0 fully saturated rings. The van der Waals surface area contributed by atoms with Crippen LogP contribution in [0.25, 0.3) is 0 Å². The molecule has 0 spiro atoms. The molecule has 0 saturated heterocycles. The second-order valence-electron chi connectivity index (χ2n) is 3.69. The molecular formula is C11H15BrN2O3S. The smallest absolute Gasteiger partial charge is 0.264 e. The average Bonchev–Trinajstić information content (AvgIpc) is 2.75. The molecule has 7 heteroatoms. The first-order chi connectivity index (χ1) is 8.54. The Hall–Kier alpha value is -0.920. The van der Waals surface area contributed by atoms with Gasteiger partial charge in [-0.05, 0) is 34.5 Å². The maximum atomic E-state index is 11.9. The van der Waals surface area contributed by atoms with Gasteiger partial charge in [0, 0.05) is 20.2 Å². The number of carbonyl (C=O) groups excluding carboxylic acids is 2. The molecule has 5 nitrogen and oxygen atoms in total. The van der Waals surface area contributed by atoms with Crippen LogP contribution in [-0.2, 0) is 4.79 Å². The summed E-state index contributed by atoms with van der Waals surface area (Å²) in [6.07, 6.45) is 0.515. The summed E-state index contributed by atoms with van der Waals surface area (Å²) in [6, 6.07) is 3.52. The maximum Gasteiger partial charge on any atom is 0.264 e. The fraction of sp³-hybridized carbons (Fsp3) is 0.455. The molecule has 0 atom stereocenters. The Morgan fingerprint density at radius 3 is 2.78 bits per heavy atom. The van der Waals surface area contributed by atoms with Crippen molar-refractivity contribution in [3.63, 3.8) is 0 Å². The predicted molar refractivity (Wildman–Crippen MR) is 73.7 cm³/mol. The molecule has 2 amide bonds. The van der Waals surface area contributed by atoms with Crippen molar-refractivity contribution in [2.24, 2.45) is 0 Å². The molecule has 0 unspecified atom stereocenters. The van der Waals surface area contributed by atoms with Gasteiger partial charge in [0.15, 0.2) is 0 Å². The lowest BCUT2D eigenvalue weighted by atomic mass is 10.4. The first-order valence-corrected chi connectivity index (χ1v) is 7.04. The van der Waals surface area contributed by atoms with E-state index in [4.69, 9.17) is 5.11 Å². The number of nitrogens with zero attached hydrogens (tertiary/aromatic N) is 1. The van der Waals surface area contributed by atoms with Gasteiger partial charge in [-0.1, -0.05) is 0 Å². The van der Waals surface area contributed by atoms with Crippen LogP contribution in [-0.4, -0.2) is 48.6 Å². The van der Waals surface area contributed by atoms with E-state index in [0.717, 1.165) is 3.79 Å². The van der Waals surface area contributed by atoms with Crippen LogP contribution in [0.2, 0.25) is 0 Å². The summed E-state index contributed by atoms with van der Waals surface area (Å²) < 4.78 is 0.881. The predicted octanol–water partition coefficient (Wildman–Crippen LogP) is 1.08. The lowest BCUT2D eigenvalue weighted by Crippen LogP contribution is -2.38. The zero-order valence-corrected chi connectivity index (χ0v) is 12.4. The SMILES string of the molecule is CN(CC(=O)NCCCO)C(=O)c1ccc(Br)s1.